The molecule has 34 heavy (non-hydrogen) atoms. The minimum absolute atomic E-state index is 0.00745. The number of fused-ring (bicyclic) bond motifs is 1. The quantitative estimate of drug-likeness (QED) is 0.470. The van der Waals surface area contributed by atoms with Gasteiger partial charge in [0.2, 0.25) is 0 Å². The molecule has 0 saturated carbocycles. The van der Waals surface area contributed by atoms with Gasteiger partial charge < -0.3 is 10.1 Å². The highest BCUT2D eigenvalue weighted by Crippen LogP contribution is 2.31. The van der Waals surface area contributed by atoms with Gasteiger partial charge in [-0.25, -0.2) is 0 Å². The summed E-state index contributed by atoms with van der Waals surface area (Å²) in [5.74, 6) is -1.03. The molecule has 2 aromatic carbocycles. The van der Waals surface area contributed by atoms with E-state index in [0.717, 1.165) is 4.90 Å². The fourth-order valence-electron chi connectivity index (χ4n) is 3.67. The highest BCUT2D eigenvalue weighted by Gasteiger charge is 2.38. The minimum Gasteiger partial charge on any atom is -0.476 e. The monoisotopic (exact) mass is 491 g/mol. The van der Waals surface area contributed by atoms with E-state index >= 15 is 0 Å². The van der Waals surface area contributed by atoms with Gasteiger partial charge >= 0.3 is 0 Å². The van der Waals surface area contributed by atoms with Crippen LogP contribution in [-0.2, 0) is 11.3 Å². The van der Waals surface area contributed by atoms with Crippen molar-refractivity contribution in [1.29, 1.82) is 5.26 Å². The average molecular weight is 492 g/mol. The molecule has 2 aliphatic rings. The Labute approximate surface area is 206 Å². The smallest absolute Gasteiger partial charge is 0.263 e. The van der Waals surface area contributed by atoms with E-state index in [1.54, 1.807) is 55.5 Å². The number of nitrogens with one attached hydrogen (secondary N) is 1. The number of carbonyl (C=O) groups excluding carboxylic acids is 3. The van der Waals surface area contributed by atoms with Crippen LogP contribution < -0.4 is 10.1 Å². The van der Waals surface area contributed by atoms with Crippen molar-refractivity contribution in [3.8, 4) is 11.8 Å². The molecule has 1 aliphatic heterocycles. The number of halogens is 1. The van der Waals surface area contributed by atoms with Crippen LogP contribution >= 0.6 is 23.8 Å². The molecule has 4 rings (SSSR count). The molecule has 2 aromatic rings. The predicted molar refractivity (Wildman–Crippen MR) is 131 cm³/mol. The number of nitriles is 1. The number of benzene rings is 2. The number of anilines is 1. The lowest BCUT2D eigenvalue weighted by molar-refractivity contribution is -0.112. The number of rotatable bonds is 6. The van der Waals surface area contributed by atoms with E-state index in [4.69, 9.17) is 33.8 Å². The predicted octanol–water partition coefficient (Wildman–Crippen LogP) is 4.53. The molecule has 0 saturated heterocycles. The number of amides is 3. The number of ether oxygens (including phenoxy) is 1. The molecule has 3 amide bonds. The van der Waals surface area contributed by atoms with E-state index in [1.807, 2.05) is 6.07 Å². The van der Waals surface area contributed by atoms with E-state index in [9.17, 15) is 14.4 Å². The molecular weight excluding hydrogens is 474 g/mol. The van der Waals surface area contributed by atoms with Gasteiger partial charge in [0.1, 0.15) is 11.8 Å². The Morgan fingerprint density at radius 2 is 2.03 bits per heavy atom. The van der Waals surface area contributed by atoms with Crippen molar-refractivity contribution in [2.24, 2.45) is 0 Å². The van der Waals surface area contributed by atoms with Crippen molar-refractivity contribution >= 4 is 52.1 Å². The molecule has 170 valence electrons. The van der Waals surface area contributed by atoms with Crippen molar-refractivity contribution in [2.45, 2.75) is 26.0 Å². The van der Waals surface area contributed by atoms with Crippen LogP contribution in [0, 0.1) is 11.3 Å². The summed E-state index contributed by atoms with van der Waals surface area (Å²) in [6, 6.07) is 13.5. The Kier molecular flexibility index (Phi) is 6.59. The number of thiocarbonyl (C=S) groups is 1. The third-order valence-electron chi connectivity index (χ3n) is 5.29. The molecule has 1 N–H and O–H groups in total. The minimum atomic E-state index is -0.641. The maximum absolute atomic E-state index is 13.2. The first-order valence-corrected chi connectivity index (χ1v) is 11.1. The van der Waals surface area contributed by atoms with Crippen molar-refractivity contribution in [1.82, 2.24) is 4.90 Å². The summed E-state index contributed by atoms with van der Waals surface area (Å²) in [4.78, 5) is 40.6. The van der Waals surface area contributed by atoms with Gasteiger partial charge in [-0.2, -0.15) is 5.26 Å². The Hall–Kier alpha value is -3.80. The molecular formula is C25H18ClN3O4S. The maximum Gasteiger partial charge on any atom is 0.263 e. The Balaban J connectivity index is 1.57. The van der Waals surface area contributed by atoms with E-state index in [1.165, 1.54) is 6.08 Å². The van der Waals surface area contributed by atoms with Gasteiger partial charge in [0.05, 0.1) is 28.9 Å². The summed E-state index contributed by atoms with van der Waals surface area (Å²) in [7, 11) is 0. The SMILES string of the molecule is CC(C#N)Oc1cccc(CN2C(=O)c3cccc(NC(=O)C4=CC(Cl)=CCC4=S)c3C2=O)c1. The number of imide groups is 1. The topological polar surface area (TPSA) is 99.5 Å². The molecule has 1 heterocycles. The fourth-order valence-corrected chi connectivity index (χ4v) is 4.09. The molecule has 0 bridgehead atoms. The first-order valence-electron chi connectivity index (χ1n) is 10.3. The summed E-state index contributed by atoms with van der Waals surface area (Å²) in [6.45, 7) is 1.63. The molecule has 0 aromatic heterocycles. The number of allylic oxidation sites excluding steroid dienone is 3. The second-order valence-corrected chi connectivity index (χ2v) is 8.62. The molecule has 9 heteroatoms. The van der Waals surface area contributed by atoms with Crippen LogP contribution in [0.5, 0.6) is 5.75 Å². The van der Waals surface area contributed by atoms with Gasteiger partial charge in [-0.05, 0) is 42.8 Å². The molecule has 1 unspecified atom stereocenters. The Bertz CT molecular complexity index is 1340. The molecule has 0 radical (unpaired) electrons. The Morgan fingerprint density at radius 3 is 2.79 bits per heavy atom. The molecule has 0 spiro atoms. The molecule has 1 aliphatic carbocycles. The van der Waals surface area contributed by atoms with Gasteiger partial charge in [-0.1, -0.05) is 48.1 Å². The summed E-state index contributed by atoms with van der Waals surface area (Å²) >= 11 is 11.3. The lowest BCUT2D eigenvalue weighted by Gasteiger charge is -2.16. The summed E-state index contributed by atoms with van der Waals surface area (Å²) in [6.07, 6.45) is 2.93. The van der Waals surface area contributed by atoms with Crippen molar-refractivity contribution in [3.63, 3.8) is 0 Å². The van der Waals surface area contributed by atoms with Gasteiger partial charge in [0.25, 0.3) is 17.7 Å². The molecule has 7 nitrogen and oxygen atoms in total. The van der Waals surface area contributed by atoms with E-state index in [-0.39, 0.29) is 28.9 Å². The van der Waals surface area contributed by atoms with E-state index in [2.05, 4.69) is 5.32 Å². The highest BCUT2D eigenvalue weighted by atomic mass is 35.5. The first kappa shape index (κ1) is 23.4. The Morgan fingerprint density at radius 1 is 1.26 bits per heavy atom. The largest absolute Gasteiger partial charge is 0.476 e. The molecule has 0 fully saturated rings. The van der Waals surface area contributed by atoms with Gasteiger partial charge in [-0.3, -0.25) is 19.3 Å². The van der Waals surface area contributed by atoms with Gasteiger partial charge in [0.15, 0.2) is 6.10 Å². The second-order valence-electron chi connectivity index (χ2n) is 7.69. The third kappa shape index (κ3) is 4.62. The standard InChI is InChI=1S/C25H18ClN3O4S/c1-14(12-27)33-17-5-2-4-15(10-17)13-29-24(31)18-6-3-7-20(22(18)25(29)32)28-23(30)19-11-16(26)8-9-21(19)34/h2-8,10-11,14H,9,13H2,1H3,(H,28,30). The van der Waals surface area contributed by atoms with Gasteiger partial charge in [0, 0.05) is 16.3 Å². The van der Waals surface area contributed by atoms with Crippen molar-refractivity contribution < 1.29 is 19.1 Å². The van der Waals surface area contributed by atoms with E-state index < -0.39 is 23.8 Å². The molecule has 1 atom stereocenters. The third-order valence-corrected chi connectivity index (χ3v) is 5.94. The van der Waals surface area contributed by atoms with Crippen LogP contribution in [0.25, 0.3) is 0 Å². The first-order chi connectivity index (χ1) is 16.3. The summed E-state index contributed by atoms with van der Waals surface area (Å²) < 4.78 is 5.49. The number of nitrogens with zero attached hydrogens (tertiary/aromatic N) is 2. The van der Waals surface area contributed by atoms with Crippen LogP contribution in [0.4, 0.5) is 5.69 Å². The zero-order valence-electron chi connectivity index (χ0n) is 18.0. The van der Waals surface area contributed by atoms with Crippen molar-refractivity contribution in [3.05, 3.63) is 81.9 Å². The normalized spacial score (nSPS) is 15.8. The van der Waals surface area contributed by atoms with Crippen molar-refractivity contribution in [2.75, 3.05) is 5.32 Å². The number of hydrogen-bond donors (Lipinski definition) is 1. The highest BCUT2D eigenvalue weighted by molar-refractivity contribution is 7.81. The maximum atomic E-state index is 13.2. The van der Waals surface area contributed by atoms with Crippen LogP contribution in [0.3, 0.4) is 0 Å². The van der Waals surface area contributed by atoms with Crippen LogP contribution in [0.1, 0.15) is 39.6 Å². The number of hydrogen-bond acceptors (Lipinski definition) is 6. The van der Waals surface area contributed by atoms with Crippen LogP contribution in [-0.4, -0.2) is 33.6 Å². The lowest BCUT2D eigenvalue weighted by Crippen LogP contribution is -2.29. The lowest BCUT2D eigenvalue weighted by atomic mass is 10.0. The average Bonchev–Trinajstić information content (AvgIpc) is 3.06. The van der Waals surface area contributed by atoms with Crippen LogP contribution in [0.2, 0.25) is 0 Å². The second kappa shape index (κ2) is 9.59. The summed E-state index contributed by atoms with van der Waals surface area (Å²) in [5.41, 5.74) is 1.44. The van der Waals surface area contributed by atoms with Crippen LogP contribution in [0.15, 0.2) is 65.2 Å². The van der Waals surface area contributed by atoms with E-state index in [0.29, 0.717) is 27.6 Å². The zero-order chi connectivity index (χ0) is 24.4. The van der Waals surface area contributed by atoms with Gasteiger partial charge in [-0.15, -0.1) is 0 Å². The number of carbonyl (C=O) groups is 3. The fraction of sp³-hybridized carbons (Fsp3) is 0.160. The summed E-state index contributed by atoms with van der Waals surface area (Å²) in [5, 5.41) is 12.1. The zero-order valence-corrected chi connectivity index (χ0v) is 19.6.